The number of carbonyl (C=O) groups excluding carboxylic acids is 1. The monoisotopic (exact) mass is 339 g/mol. The predicted molar refractivity (Wildman–Crippen MR) is 95.6 cm³/mol. The van der Waals surface area contributed by atoms with Crippen LogP contribution in [0.1, 0.15) is 23.1 Å². The minimum Gasteiger partial charge on any atom is -0.492 e. The first kappa shape index (κ1) is 17.1. The van der Waals surface area contributed by atoms with E-state index < -0.39 is 0 Å². The lowest BCUT2D eigenvalue weighted by atomic mass is 9.94. The van der Waals surface area contributed by atoms with Crippen LogP contribution in [0.3, 0.4) is 0 Å². The lowest BCUT2D eigenvalue weighted by molar-refractivity contribution is 0.321. The largest absolute Gasteiger partial charge is 0.492 e. The molecule has 0 atom stereocenters. The Bertz CT molecular complexity index is 838. The van der Waals surface area contributed by atoms with Crippen molar-refractivity contribution >= 4 is 6.08 Å². The summed E-state index contributed by atoms with van der Waals surface area (Å²) in [5.74, 6) is 2.02. The Labute approximate surface area is 147 Å². The molecule has 0 aromatic heterocycles. The van der Waals surface area contributed by atoms with E-state index in [1.165, 1.54) is 11.1 Å². The van der Waals surface area contributed by atoms with Gasteiger partial charge in [0.2, 0.25) is 11.8 Å². The van der Waals surface area contributed by atoms with Crippen LogP contribution in [0, 0.1) is 0 Å². The van der Waals surface area contributed by atoms with Crippen molar-refractivity contribution in [2.45, 2.75) is 19.3 Å². The fourth-order valence-corrected chi connectivity index (χ4v) is 3.63. The van der Waals surface area contributed by atoms with E-state index in [0.717, 1.165) is 41.7 Å². The summed E-state index contributed by atoms with van der Waals surface area (Å²) in [7, 11) is 4.91. The third kappa shape index (κ3) is 2.87. The summed E-state index contributed by atoms with van der Waals surface area (Å²) < 4.78 is 17.0. The quantitative estimate of drug-likeness (QED) is 0.375. The Hall–Kier alpha value is -2.78. The van der Waals surface area contributed by atoms with Gasteiger partial charge in [0.05, 0.1) is 27.9 Å². The molecule has 0 N–H and O–H groups in total. The molecule has 0 saturated heterocycles. The molecule has 0 bridgehead atoms. The van der Waals surface area contributed by atoms with E-state index in [-0.39, 0.29) is 0 Å². The van der Waals surface area contributed by atoms with E-state index in [2.05, 4.69) is 17.1 Å². The van der Waals surface area contributed by atoms with Gasteiger partial charge in [-0.25, -0.2) is 9.79 Å². The number of methoxy groups -OCH3 is 3. The maximum atomic E-state index is 10.3. The smallest absolute Gasteiger partial charge is 0.234 e. The van der Waals surface area contributed by atoms with Crippen LogP contribution in [-0.4, -0.2) is 34.0 Å². The van der Waals surface area contributed by atoms with Crippen molar-refractivity contribution in [3.63, 3.8) is 0 Å². The van der Waals surface area contributed by atoms with Crippen molar-refractivity contribution in [1.82, 2.24) is 0 Å². The summed E-state index contributed by atoms with van der Waals surface area (Å²) >= 11 is 0. The predicted octanol–water partition coefficient (Wildman–Crippen LogP) is 3.55. The molecule has 25 heavy (non-hydrogen) atoms. The maximum Gasteiger partial charge on any atom is 0.234 e. The van der Waals surface area contributed by atoms with Gasteiger partial charge in [-0.3, -0.25) is 0 Å². The Morgan fingerprint density at radius 1 is 1.04 bits per heavy atom. The van der Waals surface area contributed by atoms with E-state index in [9.17, 15) is 4.79 Å². The first-order valence-corrected chi connectivity index (χ1v) is 8.22. The molecule has 0 saturated carbocycles. The molecule has 3 rings (SSSR count). The number of rotatable bonds is 7. The van der Waals surface area contributed by atoms with Gasteiger partial charge in [-0.2, -0.15) is 0 Å². The summed E-state index contributed by atoms with van der Waals surface area (Å²) in [5, 5.41) is 0. The highest BCUT2D eigenvalue weighted by atomic mass is 16.5. The van der Waals surface area contributed by atoms with Gasteiger partial charge in [-0.15, -0.1) is 0 Å². The standard InChI is InChI=1S/C20H21NO4/c1-23-18-15(9-6-10-21-12-22)17-14-8-5-4-7-13(14)11-16(17)19(24-2)20(18)25-3/h4-5,7-8H,6,9-11H2,1-3H3. The molecule has 0 spiro atoms. The number of hydrogen-bond acceptors (Lipinski definition) is 5. The van der Waals surface area contributed by atoms with Gasteiger partial charge in [0.25, 0.3) is 0 Å². The fourth-order valence-electron chi connectivity index (χ4n) is 3.63. The molecule has 0 amide bonds. The van der Waals surface area contributed by atoms with Gasteiger partial charge in [0.15, 0.2) is 11.5 Å². The second-order valence-electron chi connectivity index (χ2n) is 5.84. The minimum absolute atomic E-state index is 0.442. The maximum absolute atomic E-state index is 10.3. The number of aliphatic imine (C=N–C) groups is 1. The Morgan fingerprint density at radius 2 is 1.76 bits per heavy atom. The third-order valence-corrected chi connectivity index (χ3v) is 4.59. The Morgan fingerprint density at radius 3 is 2.44 bits per heavy atom. The van der Waals surface area contributed by atoms with Crippen LogP contribution in [0.4, 0.5) is 0 Å². The van der Waals surface area contributed by atoms with E-state index >= 15 is 0 Å². The Kier molecular flexibility index (Phi) is 5.05. The van der Waals surface area contributed by atoms with Crippen molar-refractivity contribution in [2.75, 3.05) is 27.9 Å². The topological polar surface area (TPSA) is 57.1 Å². The summed E-state index contributed by atoms with van der Waals surface area (Å²) in [5.41, 5.74) is 5.81. The van der Waals surface area contributed by atoms with E-state index in [0.29, 0.717) is 18.0 Å². The Balaban J connectivity index is 2.21. The lowest BCUT2D eigenvalue weighted by Crippen LogP contribution is -2.04. The van der Waals surface area contributed by atoms with Crippen LogP contribution in [-0.2, 0) is 17.6 Å². The molecular formula is C20H21NO4. The first-order chi connectivity index (χ1) is 12.3. The van der Waals surface area contributed by atoms with Crippen LogP contribution < -0.4 is 14.2 Å². The summed E-state index contributed by atoms with van der Waals surface area (Å²) in [6, 6.07) is 8.34. The highest BCUT2D eigenvalue weighted by molar-refractivity contribution is 5.86. The number of hydrogen-bond donors (Lipinski definition) is 0. The second kappa shape index (κ2) is 7.41. The van der Waals surface area contributed by atoms with Crippen LogP contribution in [0.2, 0.25) is 0 Å². The molecule has 130 valence electrons. The number of benzene rings is 2. The van der Waals surface area contributed by atoms with Crippen LogP contribution in [0.15, 0.2) is 29.3 Å². The number of nitrogens with zero attached hydrogens (tertiary/aromatic N) is 1. The van der Waals surface area contributed by atoms with Gasteiger partial charge in [0.1, 0.15) is 0 Å². The average Bonchev–Trinajstić information content (AvgIpc) is 3.03. The van der Waals surface area contributed by atoms with Gasteiger partial charge in [0, 0.05) is 17.5 Å². The van der Waals surface area contributed by atoms with E-state index in [1.807, 2.05) is 12.1 Å². The van der Waals surface area contributed by atoms with Crippen molar-refractivity contribution < 1.29 is 19.0 Å². The minimum atomic E-state index is 0.442. The van der Waals surface area contributed by atoms with Crippen molar-refractivity contribution in [3.8, 4) is 28.4 Å². The number of isocyanates is 1. The van der Waals surface area contributed by atoms with Crippen LogP contribution >= 0.6 is 0 Å². The molecule has 0 unspecified atom stereocenters. The summed E-state index contributed by atoms with van der Waals surface area (Å²) in [6.45, 7) is 0.442. The summed E-state index contributed by atoms with van der Waals surface area (Å²) in [4.78, 5) is 14.0. The zero-order valence-corrected chi connectivity index (χ0v) is 14.7. The molecule has 0 fully saturated rings. The molecule has 1 aliphatic carbocycles. The molecule has 2 aromatic rings. The zero-order valence-electron chi connectivity index (χ0n) is 14.7. The SMILES string of the molecule is COc1c(CCCN=C=O)c2c(c(OC)c1OC)Cc1ccccc1-2. The normalized spacial score (nSPS) is 11.3. The second-order valence-corrected chi connectivity index (χ2v) is 5.84. The van der Waals surface area contributed by atoms with Gasteiger partial charge in [-0.05, 0) is 29.5 Å². The van der Waals surface area contributed by atoms with Crippen LogP contribution in [0.5, 0.6) is 17.2 Å². The lowest BCUT2D eigenvalue weighted by Gasteiger charge is -2.21. The zero-order chi connectivity index (χ0) is 17.8. The van der Waals surface area contributed by atoms with Crippen molar-refractivity contribution in [1.29, 1.82) is 0 Å². The first-order valence-electron chi connectivity index (χ1n) is 8.22. The van der Waals surface area contributed by atoms with E-state index in [1.54, 1.807) is 27.4 Å². The van der Waals surface area contributed by atoms with Crippen LogP contribution in [0.25, 0.3) is 11.1 Å². The fraction of sp³-hybridized carbons (Fsp3) is 0.350. The third-order valence-electron chi connectivity index (χ3n) is 4.59. The van der Waals surface area contributed by atoms with Crippen molar-refractivity contribution in [2.24, 2.45) is 4.99 Å². The highest BCUT2D eigenvalue weighted by Crippen LogP contribution is 2.53. The van der Waals surface area contributed by atoms with Gasteiger partial charge >= 0.3 is 0 Å². The molecule has 5 nitrogen and oxygen atoms in total. The summed E-state index contributed by atoms with van der Waals surface area (Å²) in [6.07, 6.45) is 3.85. The molecule has 2 aromatic carbocycles. The molecule has 0 heterocycles. The molecule has 0 radical (unpaired) electrons. The van der Waals surface area contributed by atoms with E-state index in [4.69, 9.17) is 14.2 Å². The molecule has 5 heteroatoms. The average molecular weight is 339 g/mol. The molecular weight excluding hydrogens is 318 g/mol. The molecule has 1 aliphatic rings. The van der Waals surface area contributed by atoms with Gasteiger partial charge in [-0.1, -0.05) is 24.3 Å². The highest BCUT2D eigenvalue weighted by Gasteiger charge is 2.31. The van der Waals surface area contributed by atoms with Gasteiger partial charge < -0.3 is 14.2 Å². The van der Waals surface area contributed by atoms with Crippen molar-refractivity contribution in [3.05, 3.63) is 41.0 Å². The number of fused-ring (bicyclic) bond motifs is 3. The molecule has 0 aliphatic heterocycles. The number of ether oxygens (including phenoxy) is 3.